The van der Waals surface area contributed by atoms with E-state index in [0.717, 1.165) is 0 Å². The van der Waals surface area contributed by atoms with E-state index < -0.39 is 29.0 Å². The van der Waals surface area contributed by atoms with Crippen molar-refractivity contribution < 1.29 is 23.5 Å². The van der Waals surface area contributed by atoms with Gasteiger partial charge in [0.1, 0.15) is 5.60 Å². The van der Waals surface area contributed by atoms with E-state index in [9.17, 15) is 14.0 Å². The highest BCUT2D eigenvalue weighted by Gasteiger charge is 2.33. The summed E-state index contributed by atoms with van der Waals surface area (Å²) in [4.78, 5) is 28.1. The molecule has 0 saturated heterocycles. The van der Waals surface area contributed by atoms with E-state index in [-0.39, 0.29) is 19.4 Å². The molecule has 1 atom stereocenters. The topological polar surface area (TPSA) is 77.0 Å². The lowest BCUT2D eigenvalue weighted by Crippen LogP contribution is -2.35. The molecule has 0 heterocycles. The summed E-state index contributed by atoms with van der Waals surface area (Å²) in [7, 11) is 1.24. The Bertz CT molecular complexity index is 822. The summed E-state index contributed by atoms with van der Waals surface area (Å²) in [6.45, 7) is 6.70. The van der Waals surface area contributed by atoms with Crippen molar-refractivity contribution in [1.29, 1.82) is 0 Å². The number of hydrogen-bond acceptors (Lipinski definition) is 5. The molecule has 1 aromatic carbocycles. The lowest BCUT2D eigenvalue weighted by Gasteiger charge is -2.22. The van der Waals surface area contributed by atoms with Gasteiger partial charge in [-0.15, -0.1) is 0 Å². The predicted octanol–water partition coefficient (Wildman–Crippen LogP) is 5.50. The Morgan fingerprint density at radius 2 is 1.90 bits per heavy atom. The number of amides is 1. The molecule has 1 amide bonds. The molecule has 0 bridgehead atoms. The number of benzene rings is 1. The first-order valence-corrected chi connectivity index (χ1v) is 10.0. The second-order valence-electron chi connectivity index (χ2n) is 7.72. The fourth-order valence-electron chi connectivity index (χ4n) is 2.28. The number of alkyl carbamates (subject to hydrolysis) is 1. The van der Waals surface area contributed by atoms with Crippen LogP contribution in [0.2, 0.25) is 10.0 Å². The van der Waals surface area contributed by atoms with E-state index >= 15 is 0 Å². The monoisotopic (exact) mass is 460 g/mol. The quantitative estimate of drug-likeness (QED) is 0.410. The minimum absolute atomic E-state index is 0.0423. The summed E-state index contributed by atoms with van der Waals surface area (Å²) in [5, 5.41) is 3.28. The highest BCUT2D eigenvalue weighted by atomic mass is 35.5. The SMILES string of the molecule is COC(=O)C(C)(CC/C(F)=C\CNC(=O)OC(C)(C)C)N=Cc1ccc(Cl)cc1Cl. The Balaban J connectivity index is 2.76. The van der Waals surface area contributed by atoms with Crippen LogP contribution < -0.4 is 5.32 Å². The van der Waals surface area contributed by atoms with Gasteiger partial charge in [-0.1, -0.05) is 29.3 Å². The third-order valence-electron chi connectivity index (χ3n) is 3.90. The van der Waals surface area contributed by atoms with E-state index in [0.29, 0.717) is 15.6 Å². The summed E-state index contributed by atoms with van der Waals surface area (Å²) < 4.78 is 24.1. The Hall–Kier alpha value is -2.12. The number of esters is 1. The average molecular weight is 461 g/mol. The summed E-state index contributed by atoms with van der Waals surface area (Å²) in [5.74, 6) is -1.11. The molecule has 0 aliphatic carbocycles. The van der Waals surface area contributed by atoms with Gasteiger partial charge in [0, 0.05) is 29.8 Å². The van der Waals surface area contributed by atoms with Crippen molar-refractivity contribution in [2.45, 2.75) is 51.7 Å². The summed E-state index contributed by atoms with van der Waals surface area (Å²) in [5.41, 5.74) is -1.39. The van der Waals surface area contributed by atoms with Gasteiger partial charge < -0.3 is 14.8 Å². The maximum atomic E-state index is 14.2. The van der Waals surface area contributed by atoms with Crippen LogP contribution in [0.3, 0.4) is 0 Å². The zero-order chi connectivity index (χ0) is 22.9. The number of nitrogens with zero attached hydrogens (tertiary/aromatic N) is 1. The number of nitrogens with one attached hydrogen (secondary N) is 1. The molecule has 0 saturated carbocycles. The standard InChI is InChI=1S/C21H27Cl2FN2O4/c1-20(2,3)30-19(28)25-11-9-16(24)8-10-21(4,18(27)29-5)26-13-14-6-7-15(22)12-17(14)23/h6-7,9,12-13H,8,10-11H2,1-5H3,(H,25,28)/b16-9+,26-13?. The second-order valence-corrected chi connectivity index (χ2v) is 8.57. The van der Waals surface area contributed by atoms with Crippen LogP contribution in [0.4, 0.5) is 9.18 Å². The van der Waals surface area contributed by atoms with Crippen LogP contribution in [0, 0.1) is 0 Å². The fraction of sp³-hybridized carbons (Fsp3) is 0.476. The van der Waals surface area contributed by atoms with Crippen LogP contribution in [-0.2, 0) is 14.3 Å². The molecule has 9 heteroatoms. The van der Waals surface area contributed by atoms with Gasteiger partial charge in [-0.05, 0) is 52.3 Å². The first-order valence-electron chi connectivity index (χ1n) is 9.26. The first-order chi connectivity index (χ1) is 13.9. The van der Waals surface area contributed by atoms with Gasteiger partial charge in [-0.2, -0.15) is 0 Å². The highest BCUT2D eigenvalue weighted by molar-refractivity contribution is 6.36. The van der Waals surface area contributed by atoms with Gasteiger partial charge in [-0.25, -0.2) is 14.0 Å². The van der Waals surface area contributed by atoms with Crippen molar-refractivity contribution >= 4 is 41.5 Å². The summed E-state index contributed by atoms with van der Waals surface area (Å²) in [6.07, 6.45) is 1.97. The van der Waals surface area contributed by atoms with E-state index in [1.54, 1.807) is 45.9 Å². The molecule has 0 spiro atoms. The Morgan fingerprint density at radius 3 is 2.47 bits per heavy atom. The summed E-state index contributed by atoms with van der Waals surface area (Å²) >= 11 is 12.0. The number of rotatable bonds is 8. The molecule has 0 aliphatic heterocycles. The Kier molecular flexibility index (Phi) is 9.78. The van der Waals surface area contributed by atoms with E-state index in [2.05, 4.69) is 10.3 Å². The second kappa shape index (κ2) is 11.3. The smallest absolute Gasteiger partial charge is 0.407 e. The molecule has 1 aromatic rings. The predicted molar refractivity (Wildman–Crippen MR) is 117 cm³/mol. The van der Waals surface area contributed by atoms with Crippen LogP contribution in [0.1, 0.15) is 46.1 Å². The minimum Gasteiger partial charge on any atom is -0.467 e. The van der Waals surface area contributed by atoms with Gasteiger partial charge in [0.15, 0.2) is 5.54 Å². The average Bonchev–Trinajstić information content (AvgIpc) is 2.63. The molecule has 0 aliphatic rings. The molecule has 1 N–H and O–H groups in total. The fourth-order valence-corrected chi connectivity index (χ4v) is 2.74. The highest BCUT2D eigenvalue weighted by Crippen LogP contribution is 2.25. The van der Waals surface area contributed by atoms with Crippen LogP contribution in [0.25, 0.3) is 0 Å². The maximum Gasteiger partial charge on any atom is 0.407 e. The van der Waals surface area contributed by atoms with Crippen LogP contribution in [-0.4, -0.2) is 43.1 Å². The minimum atomic E-state index is -1.32. The Labute approximate surface area is 186 Å². The number of aliphatic imine (C=N–C) groups is 1. The maximum absolute atomic E-state index is 14.2. The van der Waals surface area contributed by atoms with E-state index in [4.69, 9.17) is 32.7 Å². The van der Waals surface area contributed by atoms with Gasteiger partial charge in [-0.3, -0.25) is 4.99 Å². The number of halogens is 3. The molecule has 6 nitrogen and oxygen atoms in total. The van der Waals surface area contributed by atoms with E-state index in [1.165, 1.54) is 19.4 Å². The van der Waals surface area contributed by atoms with Crippen molar-refractivity contribution in [3.8, 4) is 0 Å². The molecular formula is C21H27Cl2FN2O4. The van der Waals surface area contributed by atoms with Crippen LogP contribution in [0.5, 0.6) is 0 Å². The van der Waals surface area contributed by atoms with Crippen molar-refractivity contribution in [3.05, 3.63) is 45.7 Å². The van der Waals surface area contributed by atoms with Crippen molar-refractivity contribution in [2.24, 2.45) is 4.99 Å². The first kappa shape index (κ1) is 25.9. The molecule has 166 valence electrons. The molecular weight excluding hydrogens is 434 g/mol. The number of carbonyl (C=O) groups is 2. The van der Waals surface area contributed by atoms with Gasteiger partial charge in [0.25, 0.3) is 0 Å². The largest absolute Gasteiger partial charge is 0.467 e. The molecule has 1 unspecified atom stereocenters. The zero-order valence-electron chi connectivity index (χ0n) is 17.7. The number of hydrogen-bond donors (Lipinski definition) is 1. The molecule has 0 aromatic heterocycles. The third kappa shape index (κ3) is 9.13. The third-order valence-corrected chi connectivity index (χ3v) is 4.46. The normalized spacial score (nSPS) is 14.3. The van der Waals surface area contributed by atoms with Crippen molar-refractivity contribution in [2.75, 3.05) is 13.7 Å². The Morgan fingerprint density at radius 1 is 1.23 bits per heavy atom. The van der Waals surface area contributed by atoms with Gasteiger partial charge >= 0.3 is 12.1 Å². The molecule has 0 radical (unpaired) electrons. The van der Waals surface area contributed by atoms with Crippen molar-refractivity contribution in [3.63, 3.8) is 0 Å². The molecule has 30 heavy (non-hydrogen) atoms. The number of ether oxygens (including phenoxy) is 2. The van der Waals surface area contributed by atoms with Gasteiger partial charge in [0.05, 0.1) is 18.0 Å². The van der Waals surface area contributed by atoms with Crippen LogP contribution >= 0.6 is 23.2 Å². The number of carbonyl (C=O) groups excluding carboxylic acids is 2. The van der Waals surface area contributed by atoms with E-state index in [1.807, 2.05) is 0 Å². The van der Waals surface area contributed by atoms with Crippen molar-refractivity contribution in [1.82, 2.24) is 5.32 Å². The lowest BCUT2D eigenvalue weighted by atomic mass is 9.96. The number of allylic oxidation sites excluding steroid dienone is 1. The van der Waals surface area contributed by atoms with Gasteiger partial charge in [0.2, 0.25) is 0 Å². The molecule has 1 rings (SSSR count). The number of methoxy groups -OCH3 is 1. The molecule has 0 fully saturated rings. The van der Waals surface area contributed by atoms with Crippen LogP contribution in [0.15, 0.2) is 35.1 Å². The lowest BCUT2D eigenvalue weighted by molar-refractivity contribution is -0.146. The zero-order valence-corrected chi connectivity index (χ0v) is 19.2. The summed E-state index contributed by atoms with van der Waals surface area (Å²) in [6, 6.07) is 4.86.